The van der Waals surface area contributed by atoms with E-state index in [0.717, 1.165) is 63.7 Å². The number of unbranched alkanes of at least 4 members (excludes halogenated alkanes) is 4. The summed E-state index contributed by atoms with van der Waals surface area (Å²) >= 11 is 0. The topological polar surface area (TPSA) is 83.8 Å². The summed E-state index contributed by atoms with van der Waals surface area (Å²) < 4.78 is 5.16. The summed E-state index contributed by atoms with van der Waals surface area (Å²) in [5.74, 6) is 1.50. The molecule has 0 heterocycles. The molecule has 2 aliphatic rings. The van der Waals surface area contributed by atoms with Crippen LogP contribution in [0.25, 0.3) is 0 Å². The van der Waals surface area contributed by atoms with Crippen molar-refractivity contribution in [2.24, 2.45) is 23.7 Å². The Labute approximate surface area is 183 Å². The molecule has 2 N–H and O–H groups in total. The van der Waals surface area contributed by atoms with Crippen LogP contribution in [0.15, 0.2) is 0 Å². The summed E-state index contributed by atoms with van der Waals surface area (Å²) in [5, 5.41) is 20.7. The van der Waals surface area contributed by atoms with Crippen LogP contribution in [0, 0.1) is 23.7 Å². The number of aliphatic hydroxyl groups is 2. The standard InChI is InChI=1S/C25H44O5/c1-3-5-14-30-25(29)11-9-7-6-8-10-21-22(24(28)17-23(21)27)13-12-20(26)16-19-15-18(19)4-2/h18-22,24,26,28H,3-17H2,1-2H3/t18?,19?,20?,21-,22-,24-/m1/s1. The lowest BCUT2D eigenvalue weighted by Gasteiger charge is -2.22. The van der Waals surface area contributed by atoms with Crippen LogP contribution in [0.5, 0.6) is 0 Å². The third-order valence-corrected chi connectivity index (χ3v) is 7.24. The van der Waals surface area contributed by atoms with Crippen molar-refractivity contribution in [3.8, 4) is 0 Å². The highest BCUT2D eigenvalue weighted by Gasteiger charge is 2.41. The molecule has 2 aliphatic carbocycles. The van der Waals surface area contributed by atoms with Gasteiger partial charge in [0.25, 0.3) is 0 Å². The smallest absolute Gasteiger partial charge is 0.305 e. The van der Waals surface area contributed by atoms with Gasteiger partial charge in [-0.3, -0.25) is 9.59 Å². The highest BCUT2D eigenvalue weighted by molar-refractivity contribution is 5.84. The van der Waals surface area contributed by atoms with Crippen LogP contribution in [-0.2, 0) is 14.3 Å². The van der Waals surface area contributed by atoms with Crippen LogP contribution in [-0.4, -0.2) is 40.8 Å². The number of ketones is 1. The van der Waals surface area contributed by atoms with E-state index in [2.05, 4.69) is 13.8 Å². The minimum absolute atomic E-state index is 0.00173. The van der Waals surface area contributed by atoms with Crippen LogP contribution < -0.4 is 0 Å². The van der Waals surface area contributed by atoms with Gasteiger partial charge in [-0.05, 0) is 62.7 Å². The van der Waals surface area contributed by atoms with Crippen molar-refractivity contribution >= 4 is 11.8 Å². The SMILES string of the molecule is CCCCOC(=O)CCCCCC[C@H]1C(=O)C[C@@H](O)[C@@H]1CCC(O)CC1CC1CC. The zero-order chi connectivity index (χ0) is 21.9. The third-order valence-electron chi connectivity index (χ3n) is 7.24. The van der Waals surface area contributed by atoms with Crippen LogP contribution in [0.2, 0.25) is 0 Å². The van der Waals surface area contributed by atoms with Gasteiger partial charge in [-0.2, -0.15) is 0 Å². The number of carbonyl (C=O) groups is 2. The second-order valence-corrected chi connectivity index (χ2v) is 9.67. The van der Waals surface area contributed by atoms with Gasteiger partial charge in [0.05, 0.1) is 18.8 Å². The largest absolute Gasteiger partial charge is 0.466 e. The number of esters is 1. The van der Waals surface area contributed by atoms with Crippen LogP contribution >= 0.6 is 0 Å². The highest BCUT2D eigenvalue weighted by Crippen LogP contribution is 2.45. The molecule has 0 aliphatic heterocycles. The van der Waals surface area contributed by atoms with Gasteiger partial charge < -0.3 is 14.9 Å². The molecule has 0 radical (unpaired) electrons. The quantitative estimate of drug-likeness (QED) is 0.274. The predicted molar refractivity (Wildman–Crippen MR) is 118 cm³/mol. The molecule has 174 valence electrons. The van der Waals surface area contributed by atoms with Gasteiger partial charge in [0.15, 0.2) is 0 Å². The van der Waals surface area contributed by atoms with E-state index >= 15 is 0 Å². The van der Waals surface area contributed by atoms with Gasteiger partial charge in [-0.25, -0.2) is 0 Å². The lowest BCUT2D eigenvalue weighted by molar-refractivity contribution is -0.143. The van der Waals surface area contributed by atoms with Crippen molar-refractivity contribution in [3.05, 3.63) is 0 Å². The fraction of sp³-hybridized carbons (Fsp3) is 0.920. The van der Waals surface area contributed by atoms with E-state index in [1.54, 1.807) is 0 Å². The Morgan fingerprint density at radius 2 is 1.87 bits per heavy atom. The Kier molecular flexibility index (Phi) is 11.4. The van der Waals surface area contributed by atoms with Gasteiger partial charge in [0.1, 0.15) is 5.78 Å². The third kappa shape index (κ3) is 8.66. The Balaban J connectivity index is 1.59. The van der Waals surface area contributed by atoms with E-state index in [-0.39, 0.29) is 36.1 Å². The zero-order valence-electron chi connectivity index (χ0n) is 19.2. The molecule has 5 heteroatoms. The molecular formula is C25H44O5. The predicted octanol–water partition coefficient (Wildman–Crippen LogP) is 4.81. The van der Waals surface area contributed by atoms with E-state index < -0.39 is 6.10 Å². The van der Waals surface area contributed by atoms with E-state index in [1.807, 2.05) is 0 Å². The van der Waals surface area contributed by atoms with Gasteiger partial charge in [-0.15, -0.1) is 0 Å². The number of carbonyl (C=O) groups excluding carboxylic acids is 2. The minimum atomic E-state index is -0.545. The molecular weight excluding hydrogens is 380 g/mol. The normalized spacial score (nSPS) is 29.2. The Bertz CT molecular complexity index is 520. The maximum atomic E-state index is 12.4. The molecule has 0 aromatic heterocycles. The van der Waals surface area contributed by atoms with Gasteiger partial charge in [0, 0.05) is 18.8 Å². The summed E-state index contributed by atoms with van der Waals surface area (Å²) in [4.78, 5) is 24.0. The molecule has 0 saturated heterocycles. The maximum absolute atomic E-state index is 12.4. The fourth-order valence-electron chi connectivity index (χ4n) is 5.13. The molecule has 0 aromatic rings. The van der Waals surface area contributed by atoms with Crippen LogP contribution in [0.4, 0.5) is 0 Å². The van der Waals surface area contributed by atoms with Gasteiger partial charge in [0.2, 0.25) is 0 Å². The number of hydrogen-bond donors (Lipinski definition) is 2. The summed E-state index contributed by atoms with van der Waals surface area (Å²) in [7, 11) is 0. The van der Waals surface area contributed by atoms with E-state index in [1.165, 1.54) is 12.8 Å². The average molecular weight is 425 g/mol. The highest BCUT2D eigenvalue weighted by atomic mass is 16.5. The molecule has 3 unspecified atom stereocenters. The van der Waals surface area contributed by atoms with Gasteiger partial charge in [-0.1, -0.05) is 46.0 Å². The minimum Gasteiger partial charge on any atom is -0.466 e. The van der Waals surface area contributed by atoms with E-state index in [0.29, 0.717) is 25.4 Å². The number of Topliss-reactive ketones (excluding diaryl/α,β-unsaturated/α-hetero) is 1. The number of hydrogen-bond acceptors (Lipinski definition) is 5. The Morgan fingerprint density at radius 1 is 1.10 bits per heavy atom. The van der Waals surface area contributed by atoms with E-state index in [4.69, 9.17) is 4.74 Å². The molecule has 2 saturated carbocycles. The molecule has 0 spiro atoms. The lowest BCUT2D eigenvalue weighted by Crippen LogP contribution is -2.23. The number of ether oxygens (including phenoxy) is 1. The second kappa shape index (κ2) is 13.5. The molecule has 0 aromatic carbocycles. The van der Waals surface area contributed by atoms with Gasteiger partial charge >= 0.3 is 5.97 Å². The molecule has 0 amide bonds. The first kappa shape index (κ1) is 25.3. The van der Waals surface area contributed by atoms with Crippen molar-refractivity contribution in [2.45, 2.75) is 116 Å². The second-order valence-electron chi connectivity index (χ2n) is 9.67. The Hall–Kier alpha value is -0.940. The zero-order valence-corrected chi connectivity index (χ0v) is 19.2. The van der Waals surface area contributed by atoms with Crippen molar-refractivity contribution in [2.75, 3.05) is 6.61 Å². The molecule has 5 nitrogen and oxygen atoms in total. The van der Waals surface area contributed by atoms with Crippen LogP contribution in [0.3, 0.4) is 0 Å². The van der Waals surface area contributed by atoms with E-state index in [9.17, 15) is 19.8 Å². The summed E-state index contributed by atoms with van der Waals surface area (Å²) in [6, 6.07) is 0. The first-order chi connectivity index (χ1) is 14.5. The first-order valence-corrected chi connectivity index (χ1v) is 12.5. The van der Waals surface area contributed by atoms with Crippen molar-refractivity contribution in [1.29, 1.82) is 0 Å². The van der Waals surface area contributed by atoms with Crippen molar-refractivity contribution in [3.63, 3.8) is 0 Å². The summed E-state index contributed by atoms with van der Waals surface area (Å²) in [6.07, 6.45) is 11.2. The lowest BCUT2D eigenvalue weighted by atomic mass is 9.85. The first-order valence-electron chi connectivity index (χ1n) is 12.5. The molecule has 2 fully saturated rings. The fourth-order valence-corrected chi connectivity index (χ4v) is 5.13. The molecule has 6 atom stereocenters. The maximum Gasteiger partial charge on any atom is 0.305 e. The molecule has 30 heavy (non-hydrogen) atoms. The number of aliphatic hydroxyl groups excluding tert-OH is 2. The molecule has 2 rings (SSSR count). The van der Waals surface area contributed by atoms with Crippen LogP contribution in [0.1, 0.15) is 104 Å². The van der Waals surface area contributed by atoms with Crippen molar-refractivity contribution in [1.82, 2.24) is 0 Å². The average Bonchev–Trinajstić information content (AvgIpc) is 3.40. The molecule has 0 bridgehead atoms. The monoisotopic (exact) mass is 424 g/mol. The summed E-state index contributed by atoms with van der Waals surface area (Å²) in [6.45, 7) is 4.81. The summed E-state index contributed by atoms with van der Waals surface area (Å²) in [5.41, 5.74) is 0. The van der Waals surface area contributed by atoms with Crippen molar-refractivity contribution < 1.29 is 24.5 Å². The Morgan fingerprint density at radius 3 is 2.57 bits per heavy atom. The number of rotatable bonds is 16.